The van der Waals surface area contributed by atoms with Crippen molar-refractivity contribution in [2.24, 2.45) is 5.73 Å². The van der Waals surface area contributed by atoms with Gasteiger partial charge >= 0.3 is 0 Å². The van der Waals surface area contributed by atoms with Crippen LogP contribution in [0, 0.1) is 6.92 Å². The van der Waals surface area contributed by atoms with Gasteiger partial charge in [0.15, 0.2) is 5.76 Å². The number of nitrogens with two attached hydrogens (primary N) is 1. The molecule has 0 fully saturated rings. The van der Waals surface area contributed by atoms with E-state index in [2.05, 4.69) is 10.3 Å². The topological polar surface area (TPSA) is 94.3 Å². The van der Waals surface area contributed by atoms with Crippen LogP contribution in [-0.2, 0) is 11.2 Å². The molecule has 130 valence electrons. The number of hydrogen-bond donors (Lipinski definition) is 2. The Kier molecular flexibility index (Phi) is 8.22. The molecule has 0 unspecified atom stereocenters. The van der Waals surface area contributed by atoms with Gasteiger partial charge in [0.05, 0.1) is 31.5 Å². The predicted molar refractivity (Wildman–Crippen MR) is 84.2 cm³/mol. The summed E-state index contributed by atoms with van der Waals surface area (Å²) in [5.41, 5.74) is 5.26. The fraction of sp³-hybridized carbons (Fsp3) is 0.385. The SMILES string of the molecule is Cc1oc(-c2ccco2)nc1CC(=O)NCC(F)(F)CN.Cl.Cl. The number of carbonyl (C=O) groups is 1. The number of oxazole rings is 1. The molecule has 0 radical (unpaired) electrons. The fourth-order valence-corrected chi connectivity index (χ4v) is 1.61. The summed E-state index contributed by atoms with van der Waals surface area (Å²) < 4.78 is 36.4. The Balaban J connectivity index is 0.00000242. The number of nitrogens with one attached hydrogen (secondary N) is 1. The minimum Gasteiger partial charge on any atom is -0.459 e. The minimum atomic E-state index is -3.12. The number of aromatic nitrogens is 1. The van der Waals surface area contributed by atoms with Crippen molar-refractivity contribution in [3.63, 3.8) is 0 Å². The van der Waals surface area contributed by atoms with E-state index in [0.717, 1.165) is 0 Å². The zero-order chi connectivity index (χ0) is 15.5. The smallest absolute Gasteiger partial charge is 0.277 e. The molecule has 0 aliphatic rings. The Hall–Kier alpha value is -1.64. The molecule has 2 heterocycles. The maximum Gasteiger partial charge on any atom is 0.277 e. The van der Waals surface area contributed by atoms with Gasteiger partial charge in [-0.15, -0.1) is 24.8 Å². The molecule has 0 bridgehead atoms. The van der Waals surface area contributed by atoms with Gasteiger partial charge in [-0.1, -0.05) is 0 Å². The van der Waals surface area contributed by atoms with Gasteiger partial charge in [0.2, 0.25) is 5.91 Å². The number of carbonyl (C=O) groups excluding carboxylic acids is 1. The molecule has 2 aromatic heterocycles. The van der Waals surface area contributed by atoms with E-state index in [9.17, 15) is 13.6 Å². The van der Waals surface area contributed by atoms with E-state index in [1.165, 1.54) is 6.26 Å². The van der Waals surface area contributed by atoms with Crippen LogP contribution in [0.3, 0.4) is 0 Å². The Morgan fingerprint density at radius 1 is 1.43 bits per heavy atom. The van der Waals surface area contributed by atoms with Crippen molar-refractivity contribution in [3.8, 4) is 11.7 Å². The van der Waals surface area contributed by atoms with E-state index < -0.39 is 24.9 Å². The third-order valence-corrected chi connectivity index (χ3v) is 2.80. The van der Waals surface area contributed by atoms with Crippen molar-refractivity contribution < 1.29 is 22.4 Å². The van der Waals surface area contributed by atoms with Gasteiger partial charge in [-0.25, -0.2) is 13.8 Å². The van der Waals surface area contributed by atoms with Crippen LogP contribution in [0.4, 0.5) is 8.78 Å². The summed E-state index contributed by atoms with van der Waals surface area (Å²) in [6.45, 7) is 0.0136. The molecule has 0 atom stereocenters. The summed E-state index contributed by atoms with van der Waals surface area (Å²) in [6, 6.07) is 3.34. The highest BCUT2D eigenvalue weighted by Crippen LogP contribution is 2.22. The molecule has 6 nitrogen and oxygen atoms in total. The zero-order valence-electron chi connectivity index (χ0n) is 12.2. The monoisotopic (exact) mass is 371 g/mol. The van der Waals surface area contributed by atoms with Crippen LogP contribution >= 0.6 is 24.8 Å². The molecule has 0 saturated carbocycles. The number of alkyl halides is 2. The van der Waals surface area contributed by atoms with Gasteiger partial charge in [0.1, 0.15) is 5.76 Å². The second-order valence-corrected chi connectivity index (χ2v) is 4.51. The molecule has 10 heteroatoms. The number of rotatable bonds is 6. The van der Waals surface area contributed by atoms with E-state index >= 15 is 0 Å². The van der Waals surface area contributed by atoms with Crippen molar-refractivity contribution in [1.29, 1.82) is 0 Å². The molecular formula is C13H17Cl2F2N3O3. The first kappa shape index (κ1) is 21.4. The molecule has 0 saturated heterocycles. The lowest BCUT2D eigenvalue weighted by molar-refractivity contribution is -0.122. The summed E-state index contributed by atoms with van der Waals surface area (Å²) >= 11 is 0. The maximum absolute atomic E-state index is 12.9. The highest BCUT2D eigenvalue weighted by atomic mass is 35.5. The van der Waals surface area contributed by atoms with Crippen LogP contribution in [0.2, 0.25) is 0 Å². The van der Waals surface area contributed by atoms with Gasteiger partial charge in [-0.3, -0.25) is 4.79 Å². The van der Waals surface area contributed by atoms with Crippen LogP contribution in [-0.4, -0.2) is 29.9 Å². The van der Waals surface area contributed by atoms with Crippen molar-refractivity contribution in [1.82, 2.24) is 10.3 Å². The quantitative estimate of drug-likeness (QED) is 0.812. The summed E-state index contributed by atoms with van der Waals surface area (Å²) in [5.74, 6) is -2.59. The molecule has 0 aliphatic heterocycles. The normalized spacial score (nSPS) is 10.6. The number of aryl methyl sites for hydroxylation is 1. The van der Waals surface area contributed by atoms with Gasteiger partial charge in [0, 0.05) is 0 Å². The van der Waals surface area contributed by atoms with Crippen molar-refractivity contribution in [2.75, 3.05) is 13.1 Å². The molecular weight excluding hydrogens is 355 g/mol. The van der Waals surface area contributed by atoms with Crippen molar-refractivity contribution in [3.05, 3.63) is 29.9 Å². The zero-order valence-corrected chi connectivity index (χ0v) is 13.8. The second-order valence-electron chi connectivity index (χ2n) is 4.51. The Morgan fingerprint density at radius 3 is 2.70 bits per heavy atom. The average molecular weight is 372 g/mol. The highest BCUT2D eigenvalue weighted by molar-refractivity contribution is 5.85. The number of hydrogen-bond acceptors (Lipinski definition) is 5. The van der Waals surface area contributed by atoms with Gasteiger partial charge in [-0.05, 0) is 19.1 Å². The molecule has 0 aliphatic carbocycles. The number of furan rings is 1. The highest BCUT2D eigenvalue weighted by Gasteiger charge is 2.27. The average Bonchev–Trinajstić information content (AvgIpc) is 3.07. The van der Waals surface area contributed by atoms with E-state index in [4.69, 9.17) is 14.6 Å². The minimum absolute atomic E-state index is 0. The second kappa shape index (κ2) is 8.85. The van der Waals surface area contributed by atoms with Crippen LogP contribution < -0.4 is 11.1 Å². The lowest BCUT2D eigenvalue weighted by Crippen LogP contribution is -2.42. The summed E-state index contributed by atoms with van der Waals surface area (Å²) in [7, 11) is 0. The fourth-order valence-electron chi connectivity index (χ4n) is 1.61. The van der Waals surface area contributed by atoms with Crippen molar-refractivity contribution >= 4 is 30.7 Å². The molecule has 0 spiro atoms. The molecule has 1 amide bonds. The first-order chi connectivity index (χ1) is 9.91. The molecule has 23 heavy (non-hydrogen) atoms. The Morgan fingerprint density at radius 2 is 2.13 bits per heavy atom. The number of nitrogens with zero attached hydrogens (tertiary/aromatic N) is 1. The van der Waals surface area contributed by atoms with Crippen LogP contribution in [0.15, 0.2) is 27.2 Å². The Labute approximate surface area is 143 Å². The standard InChI is InChI=1S/C13H15F2N3O3.2ClH/c1-8-9(5-11(19)17-7-13(14,15)6-16)18-12(21-8)10-3-2-4-20-10;;/h2-4H,5-7,16H2,1H3,(H,17,19);2*1H. The first-order valence-electron chi connectivity index (χ1n) is 6.26. The largest absolute Gasteiger partial charge is 0.459 e. The molecule has 2 rings (SSSR count). The summed E-state index contributed by atoms with van der Waals surface area (Å²) in [5, 5.41) is 2.12. The Bertz CT molecular complexity index is 618. The van der Waals surface area contributed by atoms with E-state index in [1.54, 1.807) is 19.1 Å². The van der Waals surface area contributed by atoms with Crippen LogP contribution in [0.1, 0.15) is 11.5 Å². The summed E-state index contributed by atoms with van der Waals surface area (Å²) in [6.07, 6.45) is 1.31. The maximum atomic E-state index is 12.9. The van der Waals surface area contributed by atoms with Crippen LogP contribution in [0.5, 0.6) is 0 Å². The molecule has 2 aromatic rings. The third kappa shape index (κ3) is 5.81. The van der Waals surface area contributed by atoms with Gasteiger partial charge in [-0.2, -0.15) is 0 Å². The first-order valence-corrected chi connectivity index (χ1v) is 6.26. The van der Waals surface area contributed by atoms with E-state index in [1.807, 2.05) is 0 Å². The lowest BCUT2D eigenvalue weighted by Gasteiger charge is -2.14. The molecule has 3 N–H and O–H groups in total. The third-order valence-electron chi connectivity index (χ3n) is 2.80. The number of halogens is 4. The van der Waals surface area contributed by atoms with Crippen LogP contribution in [0.25, 0.3) is 11.7 Å². The van der Waals surface area contributed by atoms with E-state index in [-0.39, 0.29) is 37.1 Å². The van der Waals surface area contributed by atoms with E-state index in [0.29, 0.717) is 17.2 Å². The van der Waals surface area contributed by atoms with Gasteiger partial charge in [0.25, 0.3) is 11.8 Å². The summed E-state index contributed by atoms with van der Waals surface area (Å²) in [4.78, 5) is 15.8. The molecule has 0 aromatic carbocycles. The lowest BCUT2D eigenvalue weighted by atomic mass is 10.2. The van der Waals surface area contributed by atoms with Crippen molar-refractivity contribution in [2.45, 2.75) is 19.3 Å². The van der Waals surface area contributed by atoms with Gasteiger partial charge < -0.3 is 19.9 Å². The predicted octanol–water partition coefficient (Wildman–Crippen LogP) is 2.34. The number of amides is 1.